The van der Waals surface area contributed by atoms with E-state index >= 15 is 0 Å². The summed E-state index contributed by atoms with van der Waals surface area (Å²) in [5.74, 6) is 0.600. The lowest BCUT2D eigenvalue weighted by Crippen LogP contribution is -2.45. The van der Waals surface area contributed by atoms with Crippen LogP contribution in [0.2, 0.25) is 0 Å². The van der Waals surface area contributed by atoms with E-state index in [0.29, 0.717) is 5.92 Å². The first kappa shape index (κ1) is 15.6. The molecule has 0 unspecified atom stereocenters. The predicted molar refractivity (Wildman–Crippen MR) is 89.9 cm³/mol. The van der Waals surface area contributed by atoms with Crippen LogP contribution in [0, 0.1) is 6.92 Å². The van der Waals surface area contributed by atoms with Gasteiger partial charge in [0, 0.05) is 43.1 Å². The fourth-order valence-electron chi connectivity index (χ4n) is 3.84. The van der Waals surface area contributed by atoms with Crippen LogP contribution in [0.1, 0.15) is 49.4 Å². The van der Waals surface area contributed by atoms with Crippen LogP contribution in [0.15, 0.2) is 18.3 Å². The second-order valence-electron chi connectivity index (χ2n) is 6.88. The Kier molecular flexibility index (Phi) is 4.22. The highest BCUT2D eigenvalue weighted by molar-refractivity contribution is 5.81. The number of nitrogens with zero attached hydrogens (tertiary/aromatic N) is 4. The molecule has 4 heterocycles. The summed E-state index contributed by atoms with van der Waals surface area (Å²) in [4.78, 5) is 19.3. The number of hydrogen-bond acceptors (Lipinski definition) is 4. The van der Waals surface area contributed by atoms with Gasteiger partial charge >= 0.3 is 0 Å². The fourth-order valence-corrected chi connectivity index (χ4v) is 3.84. The monoisotopic (exact) mass is 328 g/mol. The summed E-state index contributed by atoms with van der Waals surface area (Å²) in [5, 5.41) is 4.28. The molecular weight excluding hydrogens is 304 g/mol. The molecule has 4 rings (SSSR count). The number of hydrogen-bond donors (Lipinski definition) is 0. The predicted octanol–water partition coefficient (Wildman–Crippen LogP) is 2.31. The molecule has 0 bridgehead atoms. The highest BCUT2D eigenvalue weighted by Gasteiger charge is 2.30. The Labute approximate surface area is 141 Å². The molecule has 0 spiro atoms. The average molecular weight is 328 g/mol. The van der Waals surface area contributed by atoms with Crippen molar-refractivity contribution in [2.24, 2.45) is 0 Å². The van der Waals surface area contributed by atoms with Gasteiger partial charge in [-0.1, -0.05) is 0 Å². The molecule has 0 N–H and O–H groups in total. The largest absolute Gasteiger partial charge is 0.368 e. The van der Waals surface area contributed by atoms with Crippen molar-refractivity contribution in [3.63, 3.8) is 0 Å². The Morgan fingerprint density at radius 1 is 1.25 bits per heavy atom. The standard InChI is InChI=1S/C18H24N4O2/c1-13-12-15(20-17-5-8-19-22(13)17)14-6-9-21(10-7-14)18(23)16-4-2-3-11-24-16/h5,8,12,14,16H,2-4,6-7,9-11H2,1H3/t16-/m1/s1. The normalized spacial score (nSPS) is 22.9. The molecule has 2 aliphatic rings. The molecule has 6 nitrogen and oxygen atoms in total. The van der Waals surface area contributed by atoms with Gasteiger partial charge < -0.3 is 9.64 Å². The molecule has 0 aromatic carbocycles. The third-order valence-electron chi connectivity index (χ3n) is 5.24. The quantitative estimate of drug-likeness (QED) is 0.849. The number of aryl methyl sites for hydroxylation is 1. The molecule has 2 fully saturated rings. The van der Waals surface area contributed by atoms with E-state index in [-0.39, 0.29) is 12.0 Å². The van der Waals surface area contributed by atoms with Crippen LogP contribution in [0.4, 0.5) is 0 Å². The number of carbonyl (C=O) groups is 1. The van der Waals surface area contributed by atoms with E-state index in [1.807, 2.05) is 15.5 Å². The molecule has 2 aliphatic heterocycles. The molecule has 2 aromatic heterocycles. The number of ether oxygens (including phenoxy) is 1. The number of fused-ring (bicyclic) bond motifs is 1. The lowest BCUT2D eigenvalue weighted by atomic mass is 9.92. The molecule has 0 aliphatic carbocycles. The number of aromatic nitrogens is 3. The van der Waals surface area contributed by atoms with Crippen LogP contribution in [0.3, 0.4) is 0 Å². The topological polar surface area (TPSA) is 59.7 Å². The maximum absolute atomic E-state index is 12.6. The van der Waals surface area contributed by atoms with E-state index in [4.69, 9.17) is 9.72 Å². The Morgan fingerprint density at radius 2 is 2.08 bits per heavy atom. The molecule has 0 radical (unpaired) electrons. The molecule has 2 saturated heterocycles. The van der Waals surface area contributed by atoms with Crippen LogP contribution in [-0.2, 0) is 9.53 Å². The van der Waals surface area contributed by atoms with E-state index in [0.717, 1.165) is 68.8 Å². The summed E-state index contributed by atoms with van der Waals surface area (Å²) < 4.78 is 7.51. The summed E-state index contributed by atoms with van der Waals surface area (Å²) in [6.07, 6.45) is 6.56. The van der Waals surface area contributed by atoms with Crippen LogP contribution in [0.25, 0.3) is 5.65 Å². The van der Waals surface area contributed by atoms with Crippen molar-refractivity contribution in [3.8, 4) is 0 Å². The molecule has 128 valence electrons. The van der Waals surface area contributed by atoms with Gasteiger partial charge in [-0.25, -0.2) is 9.50 Å². The number of likely N-dealkylation sites (tertiary alicyclic amines) is 1. The van der Waals surface area contributed by atoms with E-state index < -0.39 is 0 Å². The van der Waals surface area contributed by atoms with Gasteiger partial charge in [-0.05, 0) is 45.1 Å². The highest BCUT2D eigenvalue weighted by atomic mass is 16.5. The summed E-state index contributed by atoms with van der Waals surface area (Å²) in [6, 6.07) is 4.07. The van der Waals surface area contributed by atoms with Crippen molar-refractivity contribution in [3.05, 3.63) is 29.7 Å². The van der Waals surface area contributed by atoms with Crippen LogP contribution in [-0.4, -0.2) is 51.2 Å². The van der Waals surface area contributed by atoms with Crippen LogP contribution in [0.5, 0.6) is 0 Å². The first-order chi connectivity index (χ1) is 11.7. The summed E-state index contributed by atoms with van der Waals surface area (Å²) in [7, 11) is 0. The van der Waals surface area contributed by atoms with Gasteiger partial charge in [0.25, 0.3) is 5.91 Å². The second kappa shape index (κ2) is 6.51. The fraction of sp³-hybridized carbons (Fsp3) is 0.611. The van der Waals surface area contributed by atoms with Crippen LogP contribution >= 0.6 is 0 Å². The summed E-state index contributed by atoms with van der Waals surface area (Å²) in [5.41, 5.74) is 3.13. The summed E-state index contributed by atoms with van der Waals surface area (Å²) >= 11 is 0. The minimum Gasteiger partial charge on any atom is -0.368 e. The highest BCUT2D eigenvalue weighted by Crippen LogP contribution is 2.28. The number of rotatable bonds is 2. The zero-order valence-corrected chi connectivity index (χ0v) is 14.1. The molecule has 1 amide bonds. The Balaban J connectivity index is 1.42. The van der Waals surface area contributed by atoms with E-state index in [2.05, 4.69) is 18.1 Å². The Morgan fingerprint density at radius 3 is 2.83 bits per heavy atom. The lowest BCUT2D eigenvalue weighted by Gasteiger charge is -2.35. The van der Waals surface area contributed by atoms with Gasteiger partial charge in [0.1, 0.15) is 6.10 Å². The lowest BCUT2D eigenvalue weighted by molar-refractivity contribution is -0.147. The van der Waals surface area contributed by atoms with Crippen molar-refractivity contribution < 1.29 is 9.53 Å². The van der Waals surface area contributed by atoms with E-state index in [1.54, 1.807) is 6.20 Å². The van der Waals surface area contributed by atoms with Gasteiger partial charge in [0.15, 0.2) is 5.65 Å². The van der Waals surface area contributed by atoms with Gasteiger partial charge in [0.2, 0.25) is 0 Å². The SMILES string of the molecule is Cc1cc(C2CCN(C(=O)[C@H]3CCCCO3)CC2)nc2ccnn12. The van der Waals surface area contributed by atoms with Crippen molar-refractivity contribution >= 4 is 11.6 Å². The molecule has 2 aromatic rings. The summed E-state index contributed by atoms with van der Waals surface area (Å²) in [6.45, 7) is 4.38. The van der Waals surface area contributed by atoms with E-state index in [1.165, 1.54) is 0 Å². The minimum atomic E-state index is -0.209. The first-order valence-corrected chi connectivity index (χ1v) is 8.94. The van der Waals surface area contributed by atoms with Crippen molar-refractivity contribution in [2.75, 3.05) is 19.7 Å². The first-order valence-electron chi connectivity index (χ1n) is 8.94. The zero-order valence-electron chi connectivity index (χ0n) is 14.1. The molecule has 0 saturated carbocycles. The zero-order chi connectivity index (χ0) is 16.5. The molecule has 6 heteroatoms. The van der Waals surface area contributed by atoms with Gasteiger partial charge in [-0.2, -0.15) is 5.10 Å². The third kappa shape index (κ3) is 2.90. The Bertz CT molecular complexity index is 728. The molecular formula is C18H24N4O2. The molecule has 24 heavy (non-hydrogen) atoms. The molecule has 1 atom stereocenters. The maximum atomic E-state index is 12.6. The van der Waals surface area contributed by atoms with Crippen molar-refractivity contribution in [1.29, 1.82) is 0 Å². The van der Waals surface area contributed by atoms with E-state index in [9.17, 15) is 4.79 Å². The Hall–Kier alpha value is -1.95. The average Bonchev–Trinajstić information content (AvgIpc) is 3.11. The van der Waals surface area contributed by atoms with Crippen LogP contribution < -0.4 is 0 Å². The van der Waals surface area contributed by atoms with Gasteiger partial charge in [-0.15, -0.1) is 0 Å². The maximum Gasteiger partial charge on any atom is 0.251 e. The van der Waals surface area contributed by atoms with Gasteiger partial charge in [-0.3, -0.25) is 4.79 Å². The smallest absolute Gasteiger partial charge is 0.251 e. The van der Waals surface area contributed by atoms with Crippen molar-refractivity contribution in [2.45, 2.75) is 51.0 Å². The second-order valence-corrected chi connectivity index (χ2v) is 6.88. The number of piperidine rings is 1. The van der Waals surface area contributed by atoms with Crippen molar-refractivity contribution in [1.82, 2.24) is 19.5 Å². The third-order valence-corrected chi connectivity index (χ3v) is 5.24. The number of amides is 1. The number of carbonyl (C=O) groups excluding carboxylic acids is 1. The van der Waals surface area contributed by atoms with Gasteiger partial charge in [0.05, 0.1) is 6.20 Å². The minimum absolute atomic E-state index is 0.184.